The van der Waals surface area contributed by atoms with E-state index in [-0.39, 0.29) is 6.09 Å². The summed E-state index contributed by atoms with van der Waals surface area (Å²) in [5.41, 5.74) is 2.14. The quantitative estimate of drug-likeness (QED) is 0.495. The van der Waals surface area contributed by atoms with Gasteiger partial charge in [-0.1, -0.05) is 35.3 Å². The number of carbonyl (C=O) groups excluding carboxylic acids is 1. The maximum absolute atomic E-state index is 12.4. The maximum atomic E-state index is 12.4. The number of carbonyl (C=O) groups is 1. The lowest BCUT2D eigenvalue weighted by Gasteiger charge is -2.36. The fraction of sp³-hybridized carbons (Fsp3) is 0.348. The van der Waals surface area contributed by atoms with Crippen molar-refractivity contribution in [3.05, 3.63) is 52.8 Å². The number of amides is 1. The Hall–Kier alpha value is -2.57. The number of nitrogens with zero attached hydrogens (tertiary/aromatic N) is 4. The molecule has 4 rings (SSSR count). The number of hydrogen-bond donors (Lipinski definition) is 0. The van der Waals surface area contributed by atoms with Crippen molar-refractivity contribution in [1.82, 2.24) is 14.9 Å². The monoisotopic (exact) mass is 458 g/mol. The normalized spacial score (nSPS) is 14.7. The van der Waals surface area contributed by atoms with Gasteiger partial charge in [-0.3, -0.25) is 0 Å². The van der Waals surface area contributed by atoms with Gasteiger partial charge in [-0.2, -0.15) is 0 Å². The molecule has 8 heteroatoms. The van der Waals surface area contributed by atoms with Gasteiger partial charge in [0.15, 0.2) is 0 Å². The molecular weight excluding hydrogens is 435 g/mol. The molecule has 0 spiro atoms. The van der Waals surface area contributed by atoms with Crippen LogP contribution in [0, 0.1) is 0 Å². The summed E-state index contributed by atoms with van der Waals surface area (Å²) in [5, 5.41) is 2.21. The van der Waals surface area contributed by atoms with Crippen LogP contribution in [0.1, 0.15) is 20.8 Å². The Kier molecular flexibility index (Phi) is 5.95. The second-order valence-corrected chi connectivity index (χ2v) is 9.35. The van der Waals surface area contributed by atoms with Crippen LogP contribution in [0.3, 0.4) is 0 Å². The second-order valence-electron chi connectivity index (χ2n) is 8.51. The summed E-state index contributed by atoms with van der Waals surface area (Å²) in [5.74, 6) is 0.834. The van der Waals surface area contributed by atoms with Gasteiger partial charge in [-0.25, -0.2) is 14.8 Å². The van der Waals surface area contributed by atoms with E-state index in [1.807, 2.05) is 57.2 Å². The Bertz CT molecular complexity index is 1100. The smallest absolute Gasteiger partial charge is 0.410 e. The van der Waals surface area contributed by atoms with Gasteiger partial charge in [0.1, 0.15) is 17.7 Å². The van der Waals surface area contributed by atoms with Crippen molar-refractivity contribution < 1.29 is 9.53 Å². The molecule has 0 N–H and O–H groups in total. The van der Waals surface area contributed by atoms with Gasteiger partial charge < -0.3 is 14.5 Å². The topological polar surface area (TPSA) is 58.6 Å². The molecule has 2 aromatic carbocycles. The van der Waals surface area contributed by atoms with Crippen molar-refractivity contribution in [2.45, 2.75) is 26.4 Å². The third kappa shape index (κ3) is 4.86. The number of fused-ring (bicyclic) bond motifs is 1. The largest absolute Gasteiger partial charge is 0.444 e. The fourth-order valence-electron chi connectivity index (χ4n) is 3.59. The average molecular weight is 459 g/mol. The average Bonchev–Trinajstić information content (AvgIpc) is 2.72. The number of benzene rings is 2. The highest BCUT2D eigenvalue weighted by Gasteiger charge is 2.27. The minimum absolute atomic E-state index is 0.281. The summed E-state index contributed by atoms with van der Waals surface area (Å²) in [6.07, 6.45) is 1.27. The summed E-state index contributed by atoms with van der Waals surface area (Å²) in [4.78, 5) is 25.2. The summed E-state index contributed by atoms with van der Waals surface area (Å²) in [7, 11) is 0. The molecule has 1 saturated heterocycles. The first-order valence-corrected chi connectivity index (χ1v) is 10.9. The number of ether oxygens (including phenoxy) is 1. The van der Waals surface area contributed by atoms with Gasteiger partial charge in [0.25, 0.3) is 0 Å². The molecule has 162 valence electrons. The minimum atomic E-state index is -0.506. The SMILES string of the molecule is CC(C)(C)OC(=O)N1CCN(c2ncnc3cc(Cl)c(-c4ccc(Cl)cc4)cc23)CC1. The van der Waals surface area contributed by atoms with Crippen LogP contribution in [0.4, 0.5) is 10.6 Å². The highest BCUT2D eigenvalue weighted by atomic mass is 35.5. The van der Waals surface area contributed by atoms with Crippen LogP contribution in [-0.2, 0) is 4.74 Å². The molecule has 1 aliphatic rings. The van der Waals surface area contributed by atoms with E-state index in [0.29, 0.717) is 36.2 Å². The molecule has 2 heterocycles. The molecule has 0 bridgehead atoms. The van der Waals surface area contributed by atoms with Gasteiger partial charge in [0.2, 0.25) is 0 Å². The Morgan fingerprint density at radius 2 is 1.68 bits per heavy atom. The van der Waals surface area contributed by atoms with E-state index < -0.39 is 5.60 Å². The molecule has 1 amide bonds. The minimum Gasteiger partial charge on any atom is -0.444 e. The third-order valence-electron chi connectivity index (χ3n) is 5.09. The van der Waals surface area contributed by atoms with Crippen LogP contribution in [-0.4, -0.2) is 52.7 Å². The summed E-state index contributed by atoms with van der Waals surface area (Å²) in [6, 6.07) is 11.5. The lowest BCUT2D eigenvalue weighted by molar-refractivity contribution is 0.0240. The molecule has 0 atom stereocenters. The van der Waals surface area contributed by atoms with Gasteiger partial charge >= 0.3 is 6.09 Å². The van der Waals surface area contributed by atoms with Gasteiger partial charge in [0.05, 0.1) is 10.5 Å². The number of anilines is 1. The molecular formula is C23H24Cl2N4O2. The van der Waals surface area contributed by atoms with Crippen LogP contribution in [0.25, 0.3) is 22.0 Å². The lowest BCUT2D eigenvalue weighted by atomic mass is 10.0. The standard InChI is InChI=1S/C23H24Cl2N4O2/c1-23(2,3)31-22(30)29-10-8-28(9-11-29)21-18-12-17(15-4-6-16(24)7-5-15)19(25)13-20(18)26-14-27-21/h4-7,12-14H,8-11H2,1-3H3. The zero-order valence-corrected chi connectivity index (χ0v) is 19.2. The van der Waals surface area contributed by atoms with Crippen LogP contribution in [0.5, 0.6) is 0 Å². The van der Waals surface area contributed by atoms with Crippen molar-refractivity contribution >= 4 is 46.0 Å². The first-order valence-electron chi connectivity index (χ1n) is 10.1. The number of piperazine rings is 1. The van der Waals surface area contributed by atoms with E-state index in [1.165, 1.54) is 0 Å². The Morgan fingerprint density at radius 1 is 1.00 bits per heavy atom. The molecule has 0 unspecified atom stereocenters. The van der Waals surface area contributed by atoms with Crippen LogP contribution in [0.2, 0.25) is 10.0 Å². The van der Waals surface area contributed by atoms with Crippen LogP contribution >= 0.6 is 23.2 Å². The maximum Gasteiger partial charge on any atom is 0.410 e. The van der Waals surface area contributed by atoms with Crippen LogP contribution < -0.4 is 4.90 Å². The first-order chi connectivity index (χ1) is 14.7. The van der Waals surface area contributed by atoms with Gasteiger partial charge in [0, 0.05) is 42.2 Å². The summed E-state index contributed by atoms with van der Waals surface area (Å²) >= 11 is 12.6. The van der Waals surface area contributed by atoms with E-state index in [1.54, 1.807) is 11.2 Å². The Morgan fingerprint density at radius 3 is 2.32 bits per heavy atom. The zero-order chi connectivity index (χ0) is 22.2. The predicted molar refractivity (Wildman–Crippen MR) is 125 cm³/mol. The Balaban J connectivity index is 1.61. The highest BCUT2D eigenvalue weighted by Crippen LogP contribution is 2.35. The number of rotatable bonds is 2. The predicted octanol–water partition coefficient (Wildman–Crippen LogP) is 5.66. The zero-order valence-electron chi connectivity index (χ0n) is 17.7. The molecule has 0 aliphatic carbocycles. The molecule has 31 heavy (non-hydrogen) atoms. The molecule has 1 aliphatic heterocycles. The van der Waals surface area contributed by atoms with Crippen molar-refractivity contribution in [2.75, 3.05) is 31.1 Å². The molecule has 0 saturated carbocycles. The summed E-state index contributed by atoms with van der Waals surface area (Å²) in [6.45, 7) is 8.07. The molecule has 6 nitrogen and oxygen atoms in total. The van der Waals surface area contributed by atoms with E-state index in [0.717, 1.165) is 27.8 Å². The van der Waals surface area contributed by atoms with Crippen molar-refractivity contribution in [3.8, 4) is 11.1 Å². The van der Waals surface area contributed by atoms with Crippen molar-refractivity contribution in [2.24, 2.45) is 0 Å². The third-order valence-corrected chi connectivity index (χ3v) is 5.65. The lowest BCUT2D eigenvalue weighted by Crippen LogP contribution is -2.50. The Labute approximate surface area is 191 Å². The fourth-order valence-corrected chi connectivity index (χ4v) is 3.99. The van der Waals surface area contributed by atoms with Crippen LogP contribution in [0.15, 0.2) is 42.7 Å². The number of aromatic nitrogens is 2. The summed E-state index contributed by atoms with van der Waals surface area (Å²) < 4.78 is 5.49. The number of halogens is 2. The molecule has 0 radical (unpaired) electrons. The molecule has 1 aromatic heterocycles. The molecule has 3 aromatic rings. The first kappa shape index (κ1) is 21.7. The van der Waals surface area contributed by atoms with Gasteiger partial charge in [-0.15, -0.1) is 0 Å². The van der Waals surface area contributed by atoms with E-state index >= 15 is 0 Å². The highest BCUT2D eigenvalue weighted by molar-refractivity contribution is 6.34. The number of hydrogen-bond acceptors (Lipinski definition) is 5. The second kappa shape index (κ2) is 8.52. The van der Waals surface area contributed by atoms with E-state index in [2.05, 4.69) is 14.9 Å². The van der Waals surface area contributed by atoms with E-state index in [9.17, 15) is 4.79 Å². The van der Waals surface area contributed by atoms with Crippen molar-refractivity contribution in [1.29, 1.82) is 0 Å². The molecule has 1 fully saturated rings. The van der Waals surface area contributed by atoms with Crippen molar-refractivity contribution in [3.63, 3.8) is 0 Å². The van der Waals surface area contributed by atoms with E-state index in [4.69, 9.17) is 27.9 Å². The van der Waals surface area contributed by atoms with Gasteiger partial charge in [-0.05, 0) is 50.6 Å².